The van der Waals surface area contributed by atoms with Gasteiger partial charge in [-0.3, -0.25) is 4.99 Å². The van der Waals surface area contributed by atoms with Gasteiger partial charge < -0.3 is 14.8 Å². The van der Waals surface area contributed by atoms with Crippen molar-refractivity contribution in [2.75, 3.05) is 33.4 Å². The minimum atomic E-state index is 0.523. The molecule has 1 aromatic heterocycles. The van der Waals surface area contributed by atoms with Gasteiger partial charge in [-0.25, -0.2) is 0 Å². The van der Waals surface area contributed by atoms with Crippen LogP contribution in [-0.4, -0.2) is 39.2 Å². The van der Waals surface area contributed by atoms with Crippen LogP contribution in [0, 0.1) is 0 Å². The lowest BCUT2D eigenvalue weighted by Crippen LogP contribution is -2.20. The van der Waals surface area contributed by atoms with Crippen molar-refractivity contribution in [3.8, 4) is 16.2 Å². The largest absolute Gasteiger partial charge is 0.490 e. The molecule has 0 fully saturated rings. The lowest BCUT2D eigenvalue weighted by atomic mass is 10.0. The molecule has 1 aliphatic rings. The molecule has 1 aliphatic heterocycles. The first kappa shape index (κ1) is 16.1. The first-order chi connectivity index (χ1) is 12.3. The Bertz CT molecular complexity index is 903. The first-order valence-electron chi connectivity index (χ1n) is 8.37. The van der Waals surface area contributed by atoms with Crippen LogP contribution in [0.15, 0.2) is 52.8 Å². The number of amidine groups is 1. The Morgan fingerprint density at radius 2 is 2.08 bits per heavy atom. The summed E-state index contributed by atoms with van der Waals surface area (Å²) < 4.78 is 11.1. The van der Waals surface area contributed by atoms with E-state index >= 15 is 0 Å². The van der Waals surface area contributed by atoms with Gasteiger partial charge >= 0.3 is 0 Å². The van der Waals surface area contributed by atoms with Crippen LogP contribution in [0.4, 0.5) is 0 Å². The van der Waals surface area contributed by atoms with Crippen LogP contribution in [0.2, 0.25) is 0 Å². The molecule has 0 bridgehead atoms. The molecule has 1 N–H and O–H groups in total. The number of ether oxygens (including phenoxy) is 2. The highest BCUT2D eigenvalue weighted by molar-refractivity contribution is 7.13. The highest BCUT2D eigenvalue weighted by Gasteiger charge is 2.15. The fourth-order valence-electron chi connectivity index (χ4n) is 2.99. The van der Waals surface area contributed by atoms with Crippen LogP contribution < -0.4 is 10.1 Å². The van der Waals surface area contributed by atoms with Gasteiger partial charge in [-0.1, -0.05) is 18.2 Å². The van der Waals surface area contributed by atoms with Crippen LogP contribution in [0.1, 0.15) is 5.56 Å². The normalized spacial score (nSPS) is 13.7. The third-order valence-corrected chi connectivity index (χ3v) is 5.14. The number of methoxy groups -OCH3 is 1. The molecule has 2 aromatic carbocycles. The van der Waals surface area contributed by atoms with Crippen molar-refractivity contribution < 1.29 is 9.47 Å². The predicted octanol–water partition coefficient (Wildman–Crippen LogP) is 3.94. The number of hydrogen-bond donors (Lipinski definition) is 1. The summed E-state index contributed by atoms with van der Waals surface area (Å²) in [5.74, 6) is 1.76. The molecule has 25 heavy (non-hydrogen) atoms. The van der Waals surface area contributed by atoms with E-state index in [1.54, 1.807) is 18.4 Å². The van der Waals surface area contributed by atoms with E-state index in [-0.39, 0.29) is 0 Å². The maximum atomic E-state index is 5.96. The van der Waals surface area contributed by atoms with Gasteiger partial charge in [-0.05, 0) is 46.0 Å². The third kappa shape index (κ3) is 3.38. The maximum Gasteiger partial charge on any atom is 0.132 e. The van der Waals surface area contributed by atoms with Crippen molar-refractivity contribution >= 4 is 27.9 Å². The number of nitrogens with zero attached hydrogens (tertiary/aromatic N) is 1. The van der Waals surface area contributed by atoms with Crippen LogP contribution in [0.25, 0.3) is 21.2 Å². The SMILES string of the molecule is COCCOc1cc2ccc(-c3cccs3)cc2cc1C1=NCCN1. The van der Waals surface area contributed by atoms with E-state index in [1.165, 1.54) is 15.8 Å². The van der Waals surface area contributed by atoms with Crippen molar-refractivity contribution in [2.24, 2.45) is 4.99 Å². The predicted molar refractivity (Wildman–Crippen MR) is 104 cm³/mol. The number of benzene rings is 2. The topological polar surface area (TPSA) is 42.9 Å². The van der Waals surface area contributed by atoms with Gasteiger partial charge in [0.05, 0.1) is 18.7 Å². The number of thiophene rings is 1. The zero-order chi connectivity index (χ0) is 17.1. The Kier molecular flexibility index (Phi) is 4.68. The molecule has 0 atom stereocenters. The zero-order valence-corrected chi connectivity index (χ0v) is 14.9. The average Bonchev–Trinajstić information content (AvgIpc) is 3.34. The summed E-state index contributed by atoms with van der Waals surface area (Å²) in [4.78, 5) is 5.85. The van der Waals surface area contributed by atoms with Crippen LogP contribution in [0.5, 0.6) is 5.75 Å². The van der Waals surface area contributed by atoms with Crippen LogP contribution in [0.3, 0.4) is 0 Å². The van der Waals surface area contributed by atoms with Crippen molar-refractivity contribution in [1.29, 1.82) is 0 Å². The second-order valence-electron chi connectivity index (χ2n) is 5.89. The Labute approximate surface area is 151 Å². The molecule has 4 nitrogen and oxygen atoms in total. The van der Waals surface area contributed by atoms with Gasteiger partial charge in [0.2, 0.25) is 0 Å². The van der Waals surface area contributed by atoms with E-state index < -0.39 is 0 Å². The molecule has 3 aromatic rings. The monoisotopic (exact) mass is 352 g/mol. The minimum absolute atomic E-state index is 0.523. The molecule has 4 rings (SSSR count). The Hall–Kier alpha value is -2.37. The van der Waals surface area contributed by atoms with E-state index in [2.05, 4.69) is 58.2 Å². The number of nitrogens with one attached hydrogen (secondary N) is 1. The fraction of sp³-hybridized carbons (Fsp3) is 0.250. The Balaban J connectivity index is 1.77. The van der Waals surface area contributed by atoms with E-state index in [0.717, 1.165) is 35.6 Å². The molecule has 0 saturated heterocycles. The molecule has 0 radical (unpaired) electrons. The number of fused-ring (bicyclic) bond motifs is 1. The number of hydrogen-bond acceptors (Lipinski definition) is 5. The molecular weight excluding hydrogens is 332 g/mol. The van der Waals surface area contributed by atoms with Gasteiger partial charge in [0, 0.05) is 18.5 Å². The zero-order valence-electron chi connectivity index (χ0n) is 14.1. The summed E-state index contributed by atoms with van der Waals surface area (Å²) in [7, 11) is 1.68. The summed E-state index contributed by atoms with van der Waals surface area (Å²) in [6, 6.07) is 15.1. The summed E-state index contributed by atoms with van der Waals surface area (Å²) >= 11 is 1.76. The smallest absolute Gasteiger partial charge is 0.132 e. The molecule has 0 amide bonds. The van der Waals surface area contributed by atoms with E-state index in [0.29, 0.717) is 13.2 Å². The lowest BCUT2D eigenvalue weighted by Gasteiger charge is -2.14. The van der Waals surface area contributed by atoms with Gasteiger partial charge in [0.25, 0.3) is 0 Å². The van der Waals surface area contributed by atoms with Crippen LogP contribution in [-0.2, 0) is 4.74 Å². The van der Waals surface area contributed by atoms with Crippen molar-refractivity contribution in [1.82, 2.24) is 5.32 Å². The van der Waals surface area contributed by atoms with E-state index in [1.807, 2.05) is 0 Å². The Morgan fingerprint density at radius 3 is 2.84 bits per heavy atom. The lowest BCUT2D eigenvalue weighted by molar-refractivity contribution is 0.146. The first-order valence-corrected chi connectivity index (χ1v) is 9.25. The quantitative estimate of drug-likeness (QED) is 0.683. The second-order valence-corrected chi connectivity index (χ2v) is 6.83. The van der Waals surface area contributed by atoms with Gasteiger partial charge in [-0.15, -0.1) is 11.3 Å². The maximum absolute atomic E-state index is 5.96. The summed E-state index contributed by atoms with van der Waals surface area (Å²) in [5.41, 5.74) is 2.26. The van der Waals surface area contributed by atoms with Crippen molar-refractivity contribution in [2.45, 2.75) is 0 Å². The van der Waals surface area contributed by atoms with E-state index in [9.17, 15) is 0 Å². The molecule has 0 unspecified atom stereocenters. The minimum Gasteiger partial charge on any atom is -0.490 e. The highest BCUT2D eigenvalue weighted by Crippen LogP contribution is 2.32. The van der Waals surface area contributed by atoms with Crippen molar-refractivity contribution in [3.63, 3.8) is 0 Å². The molecule has 0 spiro atoms. The number of rotatable bonds is 6. The molecular formula is C20H20N2O2S. The standard InChI is InChI=1S/C20H20N2O2S/c1-23-8-9-24-18-13-14-4-5-15(19-3-2-10-25-19)11-16(14)12-17(18)20-21-6-7-22-20/h2-5,10-13H,6-9H2,1H3,(H,21,22). The summed E-state index contributed by atoms with van der Waals surface area (Å²) in [5, 5.41) is 7.81. The fourth-order valence-corrected chi connectivity index (χ4v) is 3.71. The van der Waals surface area contributed by atoms with Gasteiger partial charge in [0.1, 0.15) is 18.2 Å². The molecule has 128 valence electrons. The highest BCUT2D eigenvalue weighted by atomic mass is 32.1. The average molecular weight is 352 g/mol. The van der Waals surface area contributed by atoms with E-state index in [4.69, 9.17) is 9.47 Å². The summed E-state index contributed by atoms with van der Waals surface area (Å²) in [6.45, 7) is 2.77. The van der Waals surface area contributed by atoms with Gasteiger partial charge in [-0.2, -0.15) is 0 Å². The van der Waals surface area contributed by atoms with Crippen molar-refractivity contribution in [3.05, 3.63) is 53.4 Å². The summed E-state index contributed by atoms with van der Waals surface area (Å²) in [6.07, 6.45) is 0. The van der Waals surface area contributed by atoms with Crippen LogP contribution >= 0.6 is 11.3 Å². The molecule has 0 aliphatic carbocycles. The van der Waals surface area contributed by atoms with Gasteiger partial charge in [0.15, 0.2) is 0 Å². The molecule has 0 saturated carbocycles. The Morgan fingerprint density at radius 1 is 1.12 bits per heavy atom. The third-order valence-electron chi connectivity index (χ3n) is 4.22. The molecule has 5 heteroatoms. The number of aliphatic imine (C=N–C) groups is 1. The molecule has 2 heterocycles. The second kappa shape index (κ2) is 7.25.